The number of hydrogen-bond donors (Lipinski definition) is 1. The van der Waals surface area contributed by atoms with Gasteiger partial charge in [0.05, 0.1) is 33.6 Å². The number of rotatable bonds is 4. The molecule has 1 aliphatic heterocycles. The average Bonchev–Trinajstić information content (AvgIpc) is 3.54. The predicted octanol–water partition coefficient (Wildman–Crippen LogP) is 3.42. The molecule has 4 heterocycles. The van der Waals surface area contributed by atoms with Gasteiger partial charge in [-0.1, -0.05) is 11.6 Å². The molecule has 2 N–H and O–H groups in total. The van der Waals surface area contributed by atoms with Crippen LogP contribution in [0.1, 0.15) is 29.0 Å². The molecule has 1 saturated heterocycles. The molecule has 0 bridgehead atoms. The van der Waals surface area contributed by atoms with Gasteiger partial charge in [-0.05, 0) is 42.8 Å². The first-order valence-electron chi connectivity index (χ1n) is 11.6. The van der Waals surface area contributed by atoms with Crippen molar-refractivity contribution in [3.63, 3.8) is 0 Å². The van der Waals surface area contributed by atoms with Crippen molar-refractivity contribution in [2.45, 2.75) is 19.4 Å². The highest BCUT2D eigenvalue weighted by molar-refractivity contribution is 6.31. The molecule has 3 aromatic heterocycles. The van der Waals surface area contributed by atoms with E-state index in [9.17, 15) is 9.59 Å². The van der Waals surface area contributed by atoms with Gasteiger partial charge in [0.2, 0.25) is 5.91 Å². The number of carbonyl (C=O) groups excluding carboxylic acids is 2. The summed E-state index contributed by atoms with van der Waals surface area (Å²) in [7, 11) is 3.71. The van der Waals surface area contributed by atoms with E-state index in [-0.39, 0.29) is 18.4 Å². The van der Waals surface area contributed by atoms with E-state index in [1.54, 1.807) is 41.2 Å². The molecule has 0 unspecified atom stereocenters. The second-order valence-corrected chi connectivity index (χ2v) is 9.40. The SMILES string of the molecule is Cn1ncc2c(N)nc3ccc(C(=O)N(Cc4nc5cc(Cl)ccc5n4C)N4CCCC4=O)cc3c21. The van der Waals surface area contributed by atoms with Gasteiger partial charge < -0.3 is 10.3 Å². The molecule has 10 nitrogen and oxygen atoms in total. The van der Waals surface area contributed by atoms with Crippen LogP contribution in [0.25, 0.3) is 32.8 Å². The van der Waals surface area contributed by atoms with E-state index in [0.29, 0.717) is 47.1 Å². The molecule has 6 rings (SSSR count). The number of hydrazine groups is 1. The van der Waals surface area contributed by atoms with Gasteiger partial charge in [0.15, 0.2) is 0 Å². The zero-order chi connectivity index (χ0) is 25.1. The zero-order valence-corrected chi connectivity index (χ0v) is 20.5. The molecule has 2 aromatic carbocycles. The molecule has 0 atom stereocenters. The smallest absolute Gasteiger partial charge is 0.272 e. The Hall–Kier alpha value is -4.18. The number of carbonyl (C=O) groups is 2. The average molecular weight is 503 g/mol. The second kappa shape index (κ2) is 8.20. The molecule has 5 aromatic rings. The van der Waals surface area contributed by atoms with E-state index < -0.39 is 0 Å². The van der Waals surface area contributed by atoms with Crippen molar-refractivity contribution in [2.75, 3.05) is 12.3 Å². The topological polar surface area (TPSA) is 115 Å². The first-order chi connectivity index (χ1) is 17.3. The third kappa shape index (κ3) is 3.44. The maximum absolute atomic E-state index is 13.9. The van der Waals surface area contributed by atoms with Crippen LogP contribution in [0, 0.1) is 0 Å². The van der Waals surface area contributed by atoms with E-state index in [0.717, 1.165) is 27.3 Å². The van der Waals surface area contributed by atoms with E-state index in [2.05, 4.69) is 10.1 Å². The Labute approximate surface area is 210 Å². The minimum Gasteiger partial charge on any atom is -0.383 e. The summed E-state index contributed by atoms with van der Waals surface area (Å²) in [5.41, 5.74) is 9.63. The number of aryl methyl sites for hydroxylation is 2. The van der Waals surface area contributed by atoms with Gasteiger partial charge in [-0.25, -0.2) is 15.0 Å². The molecule has 36 heavy (non-hydrogen) atoms. The Bertz CT molecular complexity index is 1710. The number of benzene rings is 2. The van der Waals surface area contributed by atoms with Crippen molar-refractivity contribution in [3.8, 4) is 0 Å². The highest BCUT2D eigenvalue weighted by Crippen LogP contribution is 2.29. The van der Waals surface area contributed by atoms with Gasteiger partial charge in [-0.2, -0.15) is 5.10 Å². The molecule has 0 saturated carbocycles. The van der Waals surface area contributed by atoms with Crippen LogP contribution in [0.4, 0.5) is 5.82 Å². The van der Waals surface area contributed by atoms with Gasteiger partial charge >= 0.3 is 0 Å². The van der Waals surface area contributed by atoms with Gasteiger partial charge in [0.25, 0.3) is 5.91 Å². The number of amides is 2. The van der Waals surface area contributed by atoms with Crippen LogP contribution in [-0.2, 0) is 25.4 Å². The number of fused-ring (bicyclic) bond motifs is 4. The number of hydrogen-bond acceptors (Lipinski definition) is 6. The lowest BCUT2D eigenvalue weighted by molar-refractivity contribution is -0.140. The maximum atomic E-state index is 13.9. The summed E-state index contributed by atoms with van der Waals surface area (Å²) >= 11 is 6.16. The number of nitrogens with zero attached hydrogens (tertiary/aromatic N) is 7. The minimum absolute atomic E-state index is 0.0885. The summed E-state index contributed by atoms with van der Waals surface area (Å²) in [4.78, 5) is 35.8. The fraction of sp³-hybridized carbons (Fsp3) is 0.240. The van der Waals surface area contributed by atoms with Crippen LogP contribution in [0.15, 0.2) is 42.6 Å². The third-order valence-corrected chi connectivity index (χ3v) is 6.99. The summed E-state index contributed by atoms with van der Waals surface area (Å²) in [5.74, 6) is 0.638. The summed E-state index contributed by atoms with van der Waals surface area (Å²) in [5, 5.41) is 9.39. The van der Waals surface area contributed by atoms with Gasteiger partial charge in [-0.3, -0.25) is 19.3 Å². The quantitative estimate of drug-likeness (QED) is 0.402. The molecule has 182 valence electrons. The van der Waals surface area contributed by atoms with Crippen molar-refractivity contribution in [1.82, 2.24) is 34.3 Å². The molecule has 1 aliphatic rings. The van der Waals surface area contributed by atoms with Crippen LogP contribution in [-0.4, -0.2) is 52.7 Å². The molecule has 0 radical (unpaired) electrons. The lowest BCUT2D eigenvalue weighted by atomic mass is 10.1. The van der Waals surface area contributed by atoms with Crippen LogP contribution < -0.4 is 5.73 Å². The first kappa shape index (κ1) is 22.3. The Balaban J connectivity index is 1.45. The fourth-order valence-electron chi connectivity index (χ4n) is 4.89. The van der Waals surface area contributed by atoms with E-state index in [4.69, 9.17) is 22.3 Å². The number of halogens is 1. The van der Waals surface area contributed by atoms with E-state index >= 15 is 0 Å². The zero-order valence-electron chi connectivity index (χ0n) is 19.8. The normalized spacial score (nSPS) is 14.0. The summed E-state index contributed by atoms with van der Waals surface area (Å²) in [6.45, 7) is 0.602. The molecule has 0 spiro atoms. The Morgan fingerprint density at radius 2 is 1.94 bits per heavy atom. The van der Waals surface area contributed by atoms with Crippen molar-refractivity contribution in [2.24, 2.45) is 14.1 Å². The van der Waals surface area contributed by atoms with Crippen molar-refractivity contribution in [1.29, 1.82) is 0 Å². The van der Waals surface area contributed by atoms with Crippen molar-refractivity contribution in [3.05, 3.63) is 59.0 Å². The van der Waals surface area contributed by atoms with E-state index in [1.807, 2.05) is 24.7 Å². The summed E-state index contributed by atoms with van der Waals surface area (Å²) in [6.07, 6.45) is 2.76. The molecular formula is C25H23ClN8O2. The lowest BCUT2D eigenvalue weighted by Gasteiger charge is -2.31. The molecule has 2 amide bonds. The van der Waals surface area contributed by atoms with Crippen LogP contribution >= 0.6 is 11.6 Å². The minimum atomic E-state index is -0.301. The third-order valence-electron chi connectivity index (χ3n) is 6.76. The largest absolute Gasteiger partial charge is 0.383 e. The highest BCUT2D eigenvalue weighted by atomic mass is 35.5. The maximum Gasteiger partial charge on any atom is 0.272 e. The van der Waals surface area contributed by atoms with E-state index in [1.165, 1.54) is 10.0 Å². The molecular weight excluding hydrogens is 480 g/mol. The predicted molar refractivity (Wildman–Crippen MR) is 137 cm³/mol. The number of pyridine rings is 1. The standard InChI is InChI=1S/C25H23ClN8O2/c1-31-20-8-6-15(26)11-19(20)29-21(31)13-34(33-9-3-4-22(33)35)25(36)14-5-7-18-16(10-14)23-17(24(27)30-18)12-28-32(23)2/h5-8,10-12H,3-4,9,13H2,1-2H3,(H2,27,30). The molecule has 0 aliphatic carbocycles. The number of aromatic nitrogens is 5. The number of nitrogen functional groups attached to an aromatic ring is 1. The monoisotopic (exact) mass is 502 g/mol. The van der Waals surface area contributed by atoms with Gasteiger partial charge in [0, 0.05) is 43.0 Å². The van der Waals surface area contributed by atoms with Crippen LogP contribution in [0.5, 0.6) is 0 Å². The Morgan fingerprint density at radius 3 is 2.72 bits per heavy atom. The summed E-state index contributed by atoms with van der Waals surface area (Å²) < 4.78 is 3.63. The highest BCUT2D eigenvalue weighted by Gasteiger charge is 2.32. The molecule has 1 fully saturated rings. The molecule has 11 heteroatoms. The number of nitrogens with two attached hydrogens (primary N) is 1. The van der Waals surface area contributed by atoms with Crippen LogP contribution in [0.2, 0.25) is 5.02 Å². The van der Waals surface area contributed by atoms with Gasteiger partial charge in [0.1, 0.15) is 18.2 Å². The summed E-state index contributed by atoms with van der Waals surface area (Å²) in [6, 6.07) is 10.7. The second-order valence-electron chi connectivity index (χ2n) is 8.96. The lowest BCUT2D eigenvalue weighted by Crippen LogP contribution is -2.47. The Kier molecular flexibility index (Phi) is 5.08. The Morgan fingerprint density at radius 1 is 1.11 bits per heavy atom. The van der Waals surface area contributed by atoms with Gasteiger partial charge in [-0.15, -0.1) is 0 Å². The number of anilines is 1. The number of imidazole rings is 1. The fourth-order valence-corrected chi connectivity index (χ4v) is 5.06. The van der Waals surface area contributed by atoms with Crippen molar-refractivity contribution >= 4 is 62.1 Å². The van der Waals surface area contributed by atoms with Crippen molar-refractivity contribution < 1.29 is 9.59 Å². The van der Waals surface area contributed by atoms with Crippen LogP contribution in [0.3, 0.4) is 0 Å². The first-order valence-corrected chi connectivity index (χ1v) is 11.9.